The van der Waals surface area contributed by atoms with Gasteiger partial charge in [0, 0.05) is 24.8 Å². The monoisotopic (exact) mass is 280 g/mol. The number of nitrogens with one attached hydrogen (secondary N) is 1. The van der Waals surface area contributed by atoms with Crippen molar-refractivity contribution in [3.05, 3.63) is 53.4 Å². The molecule has 0 radical (unpaired) electrons. The lowest BCUT2D eigenvalue weighted by Crippen LogP contribution is -2.37. The van der Waals surface area contributed by atoms with Gasteiger partial charge in [-0.3, -0.25) is 16.0 Å². The van der Waals surface area contributed by atoms with E-state index in [0.717, 1.165) is 12.0 Å². The summed E-state index contributed by atoms with van der Waals surface area (Å²) in [5.74, 6) is 4.40. The van der Waals surface area contributed by atoms with E-state index < -0.39 is 11.6 Å². The summed E-state index contributed by atoms with van der Waals surface area (Å²) >= 11 is 0. The molecule has 3 N–H and O–H groups in total. The van der Waals surface area contributed by atoms with Crippen molar-refractivity contribution in [1.29, 1.82) is 0 Å². The fourth-order valence-corrected chi connectivity index (χ4v) is 2.16. The highest BCUT2D eigenvalue weighted by molar-refractivity contribution is 5.20. The van der Waals surface area contributed by atoms with Gasteiger partial charge in [0.25, 0.3) is 0 Å². The molecule has 0 aliphatic rings. The molecule has 0 fully saturated rings. The Morgan fingerprint density at radius 2 is 2.05 bits per heavy atom. The topological polar surface area (TPSA) is 55.9 Å². The minimum absolute atomic E-state index is 0.0710. The van der Waals surface area contributed by atoms with E-state index in [-0.39, 0.29) is 18.0 Å². The van der Waals surface area contributed by atoms with Crippen molar-refractivity contribution in [3.8, 4) is 0 Å². The second-order valence-electron chi connectivity index (χ2n) is 4.83. The molecule has 1 aromatic heterocycles. The Morgan fingerprint density at radius 1 is 1.35 bits per heavy atom. The van der Waals surface area contributed by atoms with Crippen LogP contribution in [0.25, 0.3) is 0 Å². The predicted octanol–water partition coefficient (Wildman–Crippen LogP) is 1.71. The average Bonchev–Trinajstić information content (AvgIpc) is 2.83. The van der Waals surface area contributed by atoms with Crippen molar-refractivity contribution in [2.75, 3.05) is 0 Å². The van der Waals surface area contributed by atoms with Crippen LogP contribution in [0.2, 0.25) is 0 Å². The summed E-state index contributed by atoms with van der Waals surface area (Å²) in [4.78, 5) is 0. The fraction of sp³-hybridized carbons (Fsp3) is 0.357. The smallest absolute Gasteiger partial charge is 0.129 e. The summed E-state index contributed by atoms with van der Waals surface area (Å²) < 4.78 is 28.9. The number of benzene rings is 1. The Kier molecular flexibility index (Phi) is 4.81. The molecule has 2 aromatic rings. The second-order valence-corrected chi connectivity index (χ2v) is 4.83. The first-order valence-corrected chi connectivity index (χ1v) is 6.46. The third-order valence-corrected chi connectivity index (χ3v) is 3.29. The molecule has 0 amide bonds. The zero-order valence-electron chi connectivity index (χ0n) is 11.3. The van der Waals surface area contributed by atoms with Crippen LogP contribution in [0, 0.1) is 11.6 Å². The Hall–Kier alpha value is -1.79. The molecule has 0 saturated carbocycles. The number of hydrogen-bond donors (Lipinski definition) is 2. The van der Waals surface area contributed by atoms with E-state index in [1.807, 2.05) is 13.2 Å². The van der Waals surface area contributed by atoms with Crippen molar-refractivity contribution in [2.45, 2.75) is 25.3 Å². The van der Waals surface area contributed by atoms with Gasteiger partial charge >= 0.3 is 0 Å². The largest absolute Gasteiger partial charge is 0.276 e. The third kappa shape index (κ3) is 3.61. The molecule has 1 unspecified atom stereocenters. The maximum atomic E-state index is 13.6. The van der Waals surface area contributed by atoms with Crippen molar-refractivity contribution in [2.24, 2.45) is 12.9 Å². The zero-order valence-corrected chi connectivity index (χ0v) is 11.3. The van der Waals surface area contributed by atoms with Gasteiger partial charge in [-0.25, -0.2) is 8.78 Å². The number of halogens is 2. The number of aryl methyl sites for hydroxylation is 2. The van der Waals surface area contributed by atoms with Gasteiger partial charge in [-0.2, -0.15) is 5.10 Å². The SMILES string of the molecule is Cn1cc(CCC(Cc2c(F)cccc2F)NN)cn1. The molecule has 108 valence electrons. The Morgan fingerprint density at radius 3 is 2.60 bits per heavy atom. The molecule has 1 heterocycles. The van der Waals surface area contributed by atoms with E-state index in [1.165, 1.54) is 18.2 Å². The summed E-state index contributed by atoms with van der Waals surface area (Å²) in [6.07, 6.45) is 5.33. The Labute approximate surface area is 116 Å². The lowest BCUT2D eigenvalue weighted by Gasteiger charge is -2.16. The third-order valence-electron chi connectivity index (χ3n) is 3.29. The maximum Gasteiger partial charge on any atom is 0.129 e. The summed E-state index contributed by atoms with van der Waals surface area (Å²) in [6.45, 7) is 0. The van der Waals surface area contributed by atoms with Gasteiger partial charge in [0.15, 0.2) is 0 Å². The number of nitrogens with two attached hydrogens (primary N) is 1. The van der Waals surface area contributed by atoms with Gasteiger partial charge in [-0.15, -0.1) is 0 Å². The lowest BCUT2D eigenvalue weighted by molar-refractivity contribution is 0.464. The number of aromatic nitrogens is 2. The molecular formula is C14H18F2N4. The molecule has 0 aliphatic heterocycles. The highest BCUT2D eigenvalue weighted by atomic mass is 19.1. The molecule has 1 atom stereocenters. The Balaban J connectivity index is 1.98. The van der Waals surface area contributed by atoms with Gasteiger partial charge in [0.2, 0.25) is 0 Å². The quantitative estimate of drug-likeness (QED) is 0.625. The van der Waals surface area contributed by atoms with Crippen LogP contribution in [0.4, 0.5) is 8.78 Å². The summed E-state index contributed by atoms with van der Waals surface area (Å²) in [5.41, 5.74) is 3.76. The molecule has 1 aromatic carbocycles. The molecular weight excluding hydrogens is 262 g/mol. The molecule has 0 spiro atoms. The number of hydrazine groups is 1. The molecule has 4 nitrogen and oxygen atoms in total. The first kappa shape index (κ1) is 14.6. The van der Waals surface area contributed by atoms with Crippen LogP contribution in [0.15, 0.2) is 30.6 Å². The van der Waals surface area contributed by atoms with Crippen molar-refractivity contribution < 1.29 is 8.78 Å². The van der Waals surface area contributed by atoms with Gasteiger partial charge in [0.05, 0.1) is 6.20 Å². The van der Waals surface area contributed by atoms with Gasteiger partial charge in [-0.05, 0) is 37.0 Å². The normalized spacial score (nSPS) is 12.6. The number of rotatable bonds is 6. The maximum absolute atomic E-state index is 13.6. The van der Waals surface area contributed by atoms with E-state index in [1.54, 1.807) is 10.9 Å². The van der Waals surface area contributed by atoms with Crippen LogP contribution >= 0.6 is 0 Å². The molecule has 20 heavy (non-hydrogen) atoms. The summed E-state index contributed by atoms with van der Waals surface area (Å²) in [5, 5.41) is 4.08. The molecule has 0 aliphatic carbocycles. The fourth-order valence-electron chi connectivity index (χ4n) is 2.16. The van der Waals surface area contributed by atoms with E-state index in [4.69, 9.17) is 5.84 Å². The van der Waals surface area contributed by atoms with Crippen LogP contribution in [0.3, 0.4) is 0 Å². The van der Waals surface area contributed by atoms with Crippen LogP contribution in [0.1, 0.15) is 17.5 Å². The standard InChI is InChI=1S/C14H18F2N4/c1-20-9-10(8-18-20)5-6-11(19-17)7-12-13(15)3-2-4-14(12)16/h2-4,8-9,11,19H,5-7,17H2,1H3. The van der Waals surface area contributed by atoms with Gasteiger partial charge < -0.3 is 0 Å². The lowest BCUT2D eigenvalue weighted by atomic mass is 10.00. The Bertz CT molecular complexity index is 548. The van der Waals surface area contributed by atoms with Crippen LogP contribution in [-0.2, 0) is 19.9 Å². The summed E-state index contributed by atoms with van der Waals surface area (Å²) in [6, 6.07) is 3.68. The molecule has 0 bridgehead atoms. The van der Waals surface area contributed by atoms with Crippen molar-refractivity contribution in [3.63, 3.8) is 0 Å². The first-order valence-electron chi connectivity index (χ1n) is 6.46. The highest BCUT2D eigenvalue weighted by Crippen LogP contribution is 2.16. The number of hydrogen-bond acceptors (Lipinski definition) is 3. The van der Waals surface area contributed by atoms with Crippen LogP contribution in [-0.4, -0.2) is 15.8 Å². The average molecular weight is 280 g/mol. The van der Waals surface area contributed by atoms with E-state index >= 15 is 0 Å². The summed E-state index contributed by atoms with van der Waals surface area (Å²) in [7, 11) is 1.84. The molecule has 6 heteroatoms. The van der Waals surface area contributed by atoms with Crippen molar-refractivity contribution >= 4 is 0 Å². The van der Waals surface area contributed by atoms with Crippen LogP contribution < -0.4 is 11.3 Å². The second kappa shape index (κ2) is 6.58. The van der Waals surface area contributed by atoms with E-state index in [9.17, 15) is 8.78 Å². The van der Waals surface area contributed by atoms with Gasteiger partial charge in [0.1, 0.15) is 11.6 Å². The minimum Gasteiger partial charge on any atom is -0.276 e. The van der Waals surface area contributed by atoms with Crippen LogP contribution in [0.5, 0.6) is 0 Å². The molecule has 2 rings (SSSR count). The van der Waals surface area contributed by atoms with E-state index in [2.05, 4.69) is 10.5 Å². The highest BCUT2D eigenvalue weighted by Gasteiger charge is 2.15. The van der Waals surface area contributed by atoms with Gasteiger partial charge in [-0.1, -0.05) is 6.07 Å². The number of nitrogens with zero attached hydrogens (tertiary/aromatic N) is 2. The van der Waals surface area contributed by atoms with E-state index in [0.29, 0.717) is 6.42 Å². The minimum atomic E-state index is -0.536. The van der Waals surface area contributed by atoms with Crippen molar-refractivity contribution in [1.82, 2.24) is 15.2 Å². The first-order chi connectivity index (χ1) is 9.60. The predicted molar refractivity (Wildman–Crippen MR) is 72.7 cm³/mol. The zero-order chi connectivity index (χ0) is 14.5. The molecule has 0 saturated heterocycles.